The van der Waals surface area contributed by atoms with Gasteiger partial charge < -0.3 is 15.2 Å². The molecule has 0 saturated heterocycles. The number of hydrogen-bond acceptors (Lipinski definition) is 5. The molecule has 1 amide bonds. The highest BCUT2D eigenvalue weighted by Gasteiger charge is 2.36. The fourth-order valence-electron chi connectivity index (χ4n) is 3.64. The van der Waals surface area contributed by atoms with E-state index in [1.165, 1.54) is 18.3 Å². The molecule has 0 bridgehead atoms. The van der Waals surface area contributed by atoms with Crippen LogP contribution in [0.4, 0.5) is 0 Å². The van der Waals surface area contributed by atoms with Gasteiger partial charge in [-0.1, -0.05) is 6.07 Å². The van der Waals surface area contributed by atoms with Gasteiger partial charge in [0, 0.05) is 11.8 Å². The molecule has 1 unspecified atom stereocenters. The molecule has 1 aromatic heterocycles. The van der Waals surface area contributed by atoms with Crippen molar-refractivity contribution in [2.45, 2.75) is 38.3 Å². The molecule has 2 aliphatic rings. The minimum Gasteiger partial charge on any atom is -0.493 e. The van der Waals surface area contributed by atoms with E-state index in [2.05, 4.69) is 11.4 Å². The quantitative estimate of drug-likeness (QED) is 0.792. The maximum absolute atomic E-state index is 12.7. The Hall–Kier alpha value is -2.18. The van der Waals surface area contributed by atoms with Crippen LogP contribution in [0.2, 0.25) is 0 Å². The first-order valence-corrected chi connectivity index (χ1v) is 9.73. The molecule has 0 radical (unpaired) electrons. The molecule has 2 aromatic rings. The zero-order valence-corrected chi connectivity index (χ0v) is 15.3. The van der Waals surface area contributed by atoms with Crippen LogP contribution in [0.5, 0.6) is 5.75 Å². The standard InChI is InChI=1S/C20H21NO4S/c1-11(22)18-9-15(10-26-18)20(24)21-19(14-7-16(23)8-14)13-2-3-17-12(6-13)4-5-25-17/h2-3,6,9-10,14,16,19,23H,4-5,7-8H2,1H3,(H,21,24). The van der Waals surface area contributed by atoms with Gasteiger partial charge in [0.1, 0.15) is 5.75 Å². The van der Waals surface area contributed by atoms with Gasteiger partial charge in [-0.15, -0.1) is 11.3 Å². The third kappa shape index (κ3) is 3.27. The van der Waals surface area contributed by atoms with E-state index < -0.39 is 0 Å². The summed E-state index contributed by atoms with van der Waals surface area (Å²) in [5.74, 6) is 0.903. The summed E-state index contributed by atoms with van der Waals surface area (Å²) in [5, 5.41) is 14.6. The molecule has 4 rings (SSSR count). The molecular weight excluding hydrogens is 350 g/mol. The van der Waals surface area contributed by atoms with Gasteiger partial charge in [-0.2, -0.15) is 0 Å². The molecule has 6 heteroatoms. The number of nitrogens with one attached hydrogen (secondary N) is 1. The van der Waals surface area contributed by atoms with Crippen LogP contribution in [-0.4, -0.2) is 29.5 Å². The van der Waals surface area contributed by atoms with E-state index in [0.717, 1.165) is 23.3 Å². The van der Waals surface area contributed by atoms with Crippen LogP contribution in [0.1, 0.15) is 57.0 Å². The summed E-state index contributed by atoms with van der Waals surface area (Å²) in [5.41, 5.74) is 2.71. The molecule has 1 aromatic carbocycles. The van der Waals surface area contributed by atoms with Crippen molar-refractivity contribution in [3.05, 3.63) is 51.2 Å². The monoisotopic (exact) mass is 371 g/mol. The Labute approximate surface area is 156 Å². The van der Waals surface area contributed by atoms with Gasteiger partial charge in [-0.3, -0.25) is 9.59 Å². The van der Waals surface area contributed by atoms with Gasteiger partial charge in [-0.05, 0) is 55.0 Å². The second-order valence-electron chi connectivity index (χ2n) is 7.06. The Balaban J connectivity index is 1.57. The van der Waals surface area contributed by atoms with E-state index in [4.69, 9.17) is 4.74 Å². The van der Waals surface area contributed by atoms with E-state index in [-0.39, 0.29) is 29.8 Å². The number of aliphatic hydroxyl groups excluding tert-OH is 1. The lowest BCUT2D eigenvalue weighted by Gasteiger charge is -2.38. The van der Waals surface area contributed by atoms with Crippen molar-refractivity contribution in [2.24, 2.45) is 5.92 Å². The first-order valence-electron chi connectivity index (χ1n) is 8.85. The molecule has 2 heterocycles. The molecule has 5 nitrogen and oxygen atoms in total. The highest BCUT2D eigenvalue weighted by Crippen LogP contribution is 2.40. The minimum atomic E-state index is -0.289. The summed E-state index contributed by atoms with van der Waals surface area (Å²) < 4.78 is 5.57. The Kier molecular flexibility index (Phi) is 4.54. The minimum absolute atomic E-state index is 0.0358. The van der Waals surface area contributed by atoms with Crippen molar-refractivity contribution in [1.29, 1.82) is 0 Å². The van der Waals surface area contributed by atoms with Crippen LogP contribution in [-0.2, 0) is 6.42 Å². The maximum Gasteiger partial charge on any atom is 0.252 e. The lowest BCUT2D eigenvalue weighted by molar-refractivity contribution is 0.0235. The number of fused-ring (bicyclic) bond motifs is 1. The zero-order valence-electron chi connectivity index (χ0n) is 14.5. The number of carbonyl (C=O) groups is 2. The fourth-order valence-corrected chi connectivity index (χ4v) is 4.43. The first-order chi connectivity index (χ1) is 12.5. The predicted molar refractivity (Wildman–Crippen MR) is 98.9 cm³/mol. The maximum atomic E-state index is 12.7. The Morgan fingerprint density at radius 3 is 2.81 bits per heavy atom. The van der Waals surface area contributed by atoms with Gasteiger partial charge >= 0.3 is 0 Å². The smallest absolute Gasteiger partial charge is 0.252 e. The number of ether oxygens (including phenoxy) is 1. The highest BCUT2D eigenvalue weighted by atomic mass is 32.1. The lowest BCUT2D eigenvalue weighted by Crippen LogP contribution is -2.41. The van der Waals surface area contributed by atoms with E-state index in [1.54, 1.807) is 11.4 Å². The summed E-state index contributed by atoms with van der Waals surface area (Å²) >= 11 is 1.29. The van der Waals surface area contributed by atoms with Crippen LogP contribution >= 0.6 is 11.3 Å². The van der Waals surface area contributed by atoms with Crippen molar-refractivity contribution in [2.75, 3.05) is 6.61 Å². The van der Waals surface area contributed by atoms with E-state index in [9.17, 15) is 14.7 Å². The largest absolute Gasteiger partial charge is 0.493 e. The van der Waals surface area contributed by atoms with Crippen molar-refractivity contribution in [3.63, 3.8) is 0 Å². The molecule has 1 aliphatic heterocycles. The third-order valence-electron chi connectivity index (χ3n) is 5.19. The van der Waals surface area contributed by atoms with E-state index in [0.29, 0.717) is 29.9 Å². The molecule has 1 aliphatic carbocycles. The fraction of sp³-hybridized carbons (Fsp3) is 0.400. The summed E-state index contributed by atoms with van der Waals surface area (Å²) in [6.07, 6.45) is 1.95. The highest BCUT2D eigenvalue weighted by molar-refractivity contribution is 7.12. The number of aliphatic hydroxyl groups is 1. The number of benzene rings is 1. The lowest BCUT2D eigenvalue weighted by atomic mass is 9.74. The number of hydrogen-bond donors (Lipinski definition) is 2. The number of thiophene rings is 1. The van der Waals surface area contributed by atoms with Gasteiger partial charge in [0.15, 0.2) is 5.78 Å². The number of Topliss-reactive ketones (excluding diaryl/α,β-unsaturated/α-hetero) is 1. The second-order valence-corrected chi connectivity index (χ2v) is 7.97. The van der Waals surface area contributed by atoms with Crippen molar-refractivity contribution in [1.82, 2.24) is 5.32 Å². The normalized spacial score (nSPS) is 22.1. The van der Waals surface area contributed by atoms with E-state index >= 15 is 0 Å². The molecule has 1 atom stereocenters. The molecule has 1 fully saturated rings. The Bertz CT molecular complexity index is 853. The van der Waals surface area contributed by atoms with Gasteiger partial charge in [-0.25, -0.2) is 0 Å². The summed E-state index contributed by atoms with van der Waals surface area (Å²) in [7, 11) is 0. The average Bonchev–Trinajstić information content (AvgIpc) is 3.25. The van der Waals surface area contributed by atoms with Crippen molar-refractivity contribution in [3.8, 4) is 5.75 Å². The summed E-state index contributed by atoms with van der Waals surface area (Å²) in [4.78, 5) is 24.8. The predicted octanol–water partition coefficient (Wildman–Crippen LogP) is 3.13. The topological polar surface area (TPSA) is 75.6 Å². The molecule has 26 heavy (non-hydrogen) atoms. The Morgan fingerprint density at radius 2 is 2.12 bits per heavy atom. The third-order valence-corrected chi connectivity index (χ3v) is 6.22. The van der Waals surface area contributed by atoms with Gasteiger partial charge in [0.2, 0.25) is 0 Å². The van der Waals surface area contributed by atoms with Crippen LogP contribution < -0.4 is 10.1 Å². The number of amides is 1. The van der Waals surface area contributed by atoms with E-state index in [1.807, 2.05) is 12.1 Å². The average molecular weight is 371 g/mol. The molecule has 0 spiro atoms. The number of ketones is 1. The summed E-state index contributed by atoms with van der Waals surface area (Å²) in [6.45, 7) is 2.19. The Morgan fingerprint density at radius 1 is 1.31 bits per heavy atom. The molecule has 136 valence electrons. The van der Waals surface area contributed by atoms with Crippen LogP contribution in [0.3, 0.4) is 0 Å². The molecule has 2 N–H and O–H groups in total. The summed E-state index contributed by atoms with van der Waals surface area (Å²) in [6, 6.07) is 7.55. The van der Waals surface area contributed by atoms with Gasteiger partial charge in [0.05, 0.1) is 29.2 Å². The molecular formula is C20H21NO4S. The SMILES string of the molecule is CC(=O)c1cc(C(=O)NC(c2ccc3c(c2)CCO3)C2CC(O)C2)cs1. The molecule has 1 saturated carbocycles. The van der Waals surface area contributed by atoms with Crippen molar-refractivity contribution < 1.29 is 19.4 Å². The van der Waals surface area contributed by atoms with Crippen LogP contribution in [0, 0.1) is 5.92 Å². The van der Waals surface area contributed by atoms with Crippen molar-refractivity contribution >= 4 is 23.0 Å². The zero-order chi connectivity index (χ0) is 18.3. The van der Waals surface area contributed by atoms with Crippen LogP contribution in [0.15, 0.2) is 29.6 Å². The van der Waals surface area contributed by atoms with Gasteiger partial charge in [0.25, 0.3) is 5.91 Å². The number of rotatable bonds is 5. The second kappa shape index (κ2) is 6.85. The number of carbonyl (C=O) groups excluding carboxylic acids is 2. The van der Waals surface area contributed by atoms with Crippen LogP contribution in [0.25, 0.3) is 0 Å². The first kappa shape index (κ1) is 17.2.